The van der Waals surface area contributed by atoms with Gasteiger partial charge in [-0.2, -0.15) is 0 Å². The molecule has 0 radical (unpaired) electrons. The van der Waals surface area contributed by atoms with Gasteiger partial charge in [0.25, 0.3) is 0 Å². The van der Waals surface area contributed by atoms with Crippen LogP contribution in [0.2, 0.25) is 0 Å². The van der Waals surface area contributed by atoms with Crippen molar-refractivity contribution in [2.75, 3.05) is 13.7 Å². The summed E-state index contributed by atoms with van der Waals surface area (Å²) >= 11 is 0. The molecule has 0 aliphatic heterocycles. The number of amides is 1. The second kappa shape index (κ2) is 7.63. The van der Waals surface area contributed by atoms with Gasteiger partial charge >= 0.3 is 0 Å². The first kappa shape index (κ1) is 16.7. The highest BCUT2D eigenvalue weighted by atomic mass is 16.5. The first-order valence-electron chi connectivity index (χ1n) is 7.79. The zero-order valence-electron chi connectivity index (χ0n) is 13.7. The number of aromatic nitrogens is 1. The fourth-order valence-electron chi connectivity index (χ4n) is 2.33. The highest BCUT2D eigenvalue weighted by Crippen LogP contribution is 2.18. The van der Waals surface area contributed by atoms with E-state index in [9.17, 15) is 9.90 Å². The smallest absolute Gasteiger partial charge is 0.244 e. The second-order valence-corrected chi connectivity index (χ2v) is 5.39. The fourth-order valence-corrected chi connectivity index (χ4v) is 2.33. The second-order valence-electron chi connectivity index (χ2n) is 5.39. The van der Waals surface area contributed by atoms with Crippen LogP contribution in [0.4, 0.5) is 0 Å². The number of nitrogens with zero attached hydrogens (tertiary/aromatic N) is 1. The largest absolute Gasteiger partial charge is 0.497 e. The average Bonchev–Trinajstić information content (AvgIpc) is 3.07. The molecule has 0 spiro atoms. The molecule has 0 aliphatic carbocycles. The summed E-state index contributed by atoms with van der Waals surface area (Å²) in [6, 6.07) is 14.4. The van der Waals surface area contributed by atoms with E-state index in [2.05, 4.69) is 10.3 Å². The molecule has 1 atom stereocenters. The van der Waals surface area contributed by atoms with Crippen molar-refractivity contribution in [2.45, 2.75) is 6.10 Å². The van der Waals surface area contributed by atoms with Gasteiger partial charge in [-0.25, -0.2) is 4.98 Å². The quantitative estimate of drug-likeness (QED) is 0.675. The van der Waals surface area contributed by atoms with Gasteiger partial charge in [-0.05, 0) is 29.8 Å². The van der Waals surface area contributed by atoms with Crippen LogP contribution in [0.25, 0.3) is 17.2 Å². The third kappa shape index (κ3) is 4.24. The van der Waals surface area contributed by atoms with E-state index in [4.69, 9.17) is 9.15 Å². The van der Waals surface area contributed by atoms with E-state index in [1.54, 1.807) is 31.4 Å². The molecule has 3 rings (SSSR count). The maximum atomic E-state index is 11.9. The predicted molar refractivity (Wildman–Crippen MR) is 94.0 cm³/mol. The van der Waals surface area contributed by atoms with Crippen LogP contribution in [0.5, 0.6) is 5.75 Å². The van der Waals surface area contributed by atoms with Crippen LogP contribution >= 0.6 is 0 Å². The number of ether oxygens (including phenoxy) is 1. The Hall–Kier alpha value is -3.12. The van der Waals surface area contributed by atoms with Gasteiger partial charge in [0.2, 0.25) is 11.8 Å². The molecule has 0 saturated heterocycles. The molecule has 25 heavy (non-hydrogen) atoms. The molecule has 0 fully saturated rings. The molecule has 0 bridgehead atoms. The molecule has 0 saturated carbocycles. The summed E-state index contributed by atoms with van der Waals surface area (Å²) in [5.41, 5.74) is 2.06. The molecular formula is C19H18N2O4. The molecule has 1 unspecified atom stereocenters. The molecule has 2 aromatic carbocycles. The third-order valence-corrected chi connectivity index (χ3v) is 3.64. The number of methoxy groups -OCH3 is 1. The number of rotatable bonds is 6. The Morgan fingerprint density at radius 1 is 1.32 bits per heavy atom. The van der Waals surface area contributed by atoms with E-state index in [1.165, 1.54) is 12.2 Å². The number of nitrogens with one attached hydrogen (secondary N) is 1. The van der Waals surface area contributed by atoms with Gasteiger partial charge in [0.05, 0.1) is 13.2 Å². The maximum absolute atomic E-state index is 11.9. The van der Waals surface area contributed by atoms with Crippen molar-refractivity contribution in [3.8, 4) is 5.75 Å². The minimum Gasteiger partial charge on any atom is -0.497 e. The number of carbonyl (C=O) groups excluding carboxylic acids is 1. The maximum Gasteiger partial charge on any atom is 0.244 e. The van der Waals surface area contributed by atoms with Gasteiger partial charge in [-0.15, -0.1) is 0 Å². The molecule has 3 aromatic rings. The van der Waals surface area contributed by atoms with Crippen LogP contribution in [0.15, 0.2) is 59.0 Å². The third-order valence-electron chi connectivity index (χ3n) is 3.64. The summed E-state index contributed by atoms with van der Waals surface area (Å²) < 4.78 is 10.6. The number of carbonyl (C=O) groups is 1. The number of fused-ring (bicyclic) bond motifs is 1. The van der Waals surface area contributed by atoms with Crippen molar-refractivity contribution in [1.29, 1.82) is 0 Å². The number of hydrogen-bond acceptors (Lipinski definition) is 5. The van der Waals surface area contributed by atoms with Crippen LogP contribution in [0.3, 0.4) is 0 Å². The van der Waals surface area contributed by atoms with Crippen molar-refractivity contribution in [2.24, 2.45) is 0 Å². The fraction of sp³-hybridized carbons (Fsp3) is 0.158. The van der Waals surface area contributed by atoms with E-state index < -0.39 is 6.10 Å². The molecule has 128 valence electrons. The van der Waals surface area contributed by atoms with Crippen LogP contribution in [0, 0.1) is 0 Å². The Kier molecular flexibility index (Phi) is 5.11. The van der Waals surface area contributed by atoms with Crippen molar-refractivity contribution < 1.29 is 19.1 Å². The summed E-state index contributed by atoms with van der Waals surface area (Å²) in [5.74, 6) is 0.660. The monoisotopic (exact) mass is 338 g/mol. The van der Waals surface area contributed by atoms with Crippen LogP contribution in [0.1, 0.15) is 17.6 Å². The minimum absolute atomic E-state index is 0.0872. The van der Waals surface area contributed by atoms with Gasteiger partial charge in [0, 0.05) is 18.7 Å². The highest BCUT2D eigenvalue weighted by Gasteiger charge is 2.09. The number of benzene rings is 2. The summed E-state index contributed by atoms with van der Waals surface area (Å²) in [4.78, 5) is 16.1. The number of aliphatic hydroxyl groups excluding tert-OH is 1. The molecule has 2 N–H and O–H groups in total. The van der Waals surface area contributed by atoms with E-state index in [0.717, 1.165) is 5.52 Å². The van der Waals surface area contributed by atoms with Crippen molar-refractivity contribution >= 4 is 23.1 Å². The molecule has 1 amide bonds. The van der Waals surface area contributed by atoms with Gasteiger partial charge in [0.1, 0.15) is 11.3 Å². The number of aliphatic hydroxyl groups is 1. The van der Waals surface area contributed by atoms with Crippen molar-refractivity contribution in [1.82, 2.24) is 10.3 Å². The topological polar surface area (TPSA) is 84.6 Å². The van der Waals surface area contributed by atoms with E-state index in [1.807, 2.05) is 24.3 Å². The molecular weight excluding hydrogens is 320 g/mol. The SMILES string of the molecule is COc1cccc(C(O)CNC(=O)/C=C/c2nc3ccccc3o2)c1. The number of oxazole rings is 1. The summed E-state index contributed by atoms with van der Waals surface area (Å²) in [5, 5.41) is 12.8. The zero-order chi connectivity index (χ0) is 17.6. The Labute approximate surface area is 144 Å². The Bertz CT molecular complexity index is 868. The average molecular weight is 338 g/mol. The van der Waals surface area contributed by atoms with E-state index in [-0.39, 0.29) is 12.5 Å². The lowest BCUT2D eigenvalue weighted by Crippen LogP contribution is -2.26. The Balaban J connectivity index is 1.56. The molecule has 0 aliphatic rings. The summed E-state index contributed by atoms with van der Waals surface area (Å²) in [7, 11) is 1.56. The first-order valence-corrected chi connectivity index (χ1v) is 7.79. The summed E-state index contributed by atoms with van der Waals surface area (Å²) in [6.07, 6.45) is 1.99. The lowest BCUT2D eigenvalue weighted by atomic mass is 10.1. The van der Waals surface area contributed by atoms with Crippen molar-refractivity contribution in [3.05, 3.63) is 66.1 Å². The first-order chi connectivity index (χ1) is 12.2. The summed E-state index contributed by atoms with van der Waals surface area (Å²) in [6.45, 7) is 0.0872. The van der Waals surface area contributed by atoms with Gasteiger partial charge < -0.3 is 19.6 Å². The van der Waals surface area contributed by atoms with E-state index >= 15 is 0 Å². The van der Waals surface area contributed by atoms with Gasteiger partial charge in [-0.3, -0.25) is 4.79 Å². The number of para-hydroxylation sites is 2. The zero-order valence-corrected chi connectivity index (χ0v) is 13.7. The molecule has 6 nitrogen and oxygen atoms in total. The molecule has 6 heteroatoms. The van der Waals surface area contributed by atoms with E-state index in [0.29, 0.717) is 22.8 Å². The number of hydrogen-bond donors (Lipinski definition) is 2. The standard InChI is InChI=1S/C19H18N2O4/c1-24-14-6-4-5-13(11-14)16(22)12-20-18(23)9-10-19-21-15-7-2-3-8-17(15)25-19/h2-11,16,22H,12H2,1H3,(H,20,23)/b10-9+. The van der Waals surface area contributed by atoms with Crippen LogP contribution in [-0.4, -0.2) is 29.7 Å². The van der Waals surface area contributed by atoms with Crippen LogP contribution < -0.4 is 10.1 Å². The molecule has 1 heterocycles. The van der Waals surface area contributed by atoms with Gasteiger partial charge in [0.15, 0.2) is 5.58 Å². The normalized spacial score (nSPS) is 12.4. The van der Waals surface area contributed by atoms with Crippen LogP contribution in [-0.2, 0) is 4.79 Å². The van der Waals surface area contributed by atoms with Crippen molar-refractivity contribution in [3.63, 3.8) is 0 Å². The minimum atomic E-state index is -0.822. The predicted octanol–water partition coefficient (Wildman–Crippen LogP) is 2.70. The Morgan fingerprint density at radius 2 is 2.16 bits per heavy atom. The Morgan fingerprint density at radius 3 is 2.96 bits per heavy atom. The lowest BCUT2D eigenvalue weighted by Gasteiger charge is -2.12. The van der Waals surface area contributed by atoms with Gasteiger partial charge in [-0.1, -0.05) is 24.3 Å². The molecule has 1 aromatic heterocycles. The lowest BCUT2D eigenvalue weighted by molar-refractivity contribution is -0.116. The highest BCUT2D eigenvalue weighted by molar-refractivity contribution is 5.91.